The van der Waals surface area contributed by atoms with Gasteiger partial charge in [-0.15, -0.1) is 0 Å². The molecule has 2 aromatic rings. The van der Waals surface area contributed by atoms with Crippen molar-refractivity contribution in [2.45, 2.75) is 4.90 Å². The molecule has 1 aromatic heterocycles. The molecule has 1 aliphatic rings. The molecule has 0 saturated carbocycles. The fraction of sp³-hybridized carbons (Fsp3) is 0.312. The van der Waals surface area contributed by atoms with E-state index >= 15 is 0 Å². The largest absolute Gasteiger partial charge is 0.359 e. The van der Waals surface area contributed by atoms with Crippen LogP contribution >= 0.6 is 0 Å². The normalized spacial score (nSPS) is 17.0. The third-order valence-electron chi connectivity index (χ3n) is 4.03. The van der Waals surface area contributed by atoms with Crippen LogP contribution < -0.4 is 0 Å². The number of halogens is 1. The highest BCUT2D eigenvalue weighted by molar-refractivity contribution is 7.89. The molecule has 1 aliphatic heterocycles. The van der Waals surface area contributed by atoms with Gasteiger partial charge in [-0.3, -0.25) is 9.69 Å². The SMILES string of the molecule is O=C(CN1CCN(S(=O)(=O)c2cccc(F)c2)CC1)c1ccc[nH]1. The number of carbonyl (C=O) groups is 1. The van der Waals surface area contributed by atoms with Crippen LogP contribution in [0.2, 0.25) is 0 Å². The number of aromatic amines is 1. The van der Waals surface area contributed by atoms with Crippen LogP contribution in [0.15, 0.2) is 47.5 Å². The Bertz CT molecular complexity index is 813. The summed E-state index contributed by atoms with van der Waals surface area (Å²) in [6.45, 7) is 1.71. The van der Waals surface area contributed by atoms with Gasteiger partial charge in [0.15, 0.2) is 5.78 Å². The summed E-state index contributed by atoms with van der Waals surface area (Å²) in [7, 11) is -3.70. The molecular formula is C16H18FN3O3S. The van der Waals surface area contributed by atoms with E-state index < -0.39 is 15.8 Å². The number of nitrogens with zero attached hydrogens (tertiary/aromatic N) is 2. The van der Waals surface area contributed by atoms with Crippen molar-refractivity contribution in [2.24, 2.45) is 0 Å². The minimum absolute atomic E-state index is 0.0264. The minimum atomic E-state index is -3.70. The molecule has 8 heteroatoms. The number of benzene rings is 1. The number of sulfonamides is 1. The maximum absolute atomic E-state index is 13.3. The molecule has 1 aromatic carbocycles. The Morgan fingerprint density at radius 2 is 1.88 bits per heavy atom. The maximum Gasteiger partial charge on any atom is 0.243 e. The van der Waals surface area contributed by atoms with Crippen molar-refractivity contribution in [3.63, 3.8) is 0 Å². The summed E-state index contributed by atoms with van der Waals surface area (Å²) in [6.07, 6.45) is 1.69. The van der Waals surface area contributed by atoms with Crippen molar-refractivity contribution in [3.8, 4) is 0 Å². The van der Waals surface area contributed by atoms with Crippen LogP contribution in [0.25, 0.3) is 0 Å². The lowest BCUT2D eigenvalue weighted by molar-refractivity contribution is 0.0897. The Morgan fingerprint density at radius 3 is 2.50 bits per heavy atom. The molecule has 0 bridgehead atoms. The van der Waals surface area contributed by atoms with Gasteiger partial charge in [0.1, 0.15) is 5.82 Å². The number of hydrogen-bond donors (Lipinski definition) is 1. The summed E-state index contributed by atoms with van der Waals surface area (Å²) in [5.74, 6) is -0.604. The molecule has 128 valence electrons. The number of nitrogens with one attached hydrogen (secondary N) is 1. The van der Waals surface area contributed by atoms with Crippen LogP contribution in [0.5, 0.6) is 0 Å². The van der Waals surface area contributed by atoms with Gasteiger partial charge in [0.05, 0.1) is 17.1 Å². The van der Waals surface area contributed by atoms with Gasteiger partial charge in [-0.25, -0.2) is 12.8 Å². The third-order valence-corrected chi connectivity index (χ3v) is 5.93. The number of Topliss-reactive ketones (excluding diaryl/α,β-unsaturated/α-hetero) is 1. The zero-order chi connectivity index (χ0) is 17.2. The maximum atomic E-state index is 13.3. The first-order valence-electron chi connectivity index (χ1n) is 7.61. The fourth-order valence-corrected chi connectivity index (χ4v) is 4.15. The van der Waals surface area contributed by atoms with E-state index in [1.165, 1.54) is 22.5 Å². The molecule has 0 aliphatic carbocycles. The molecule has 0 amide bonds. The second kappa shape index (κ2) is 6.84. The quantitative estimate of drug-likeness (QED) is 0.825. The molecule has 1 saturated heterocycles. The molecule has 6 nitrogen and oxygen atoms in total. The van der Waals surface area contributed by atoms with Gasteiger partial charge in [-0.1, -0.05) is 6.07 Å². The summed E-state index contributed by atoms with van der Waals surface area (Å²) >= 11 is 0. The van der Waals surface area contributed by atoms with Crippen molar-refractivity contribution < 1.29 is 17.6 Å². The number of hydrogen-bond acceptors (Lipinski definition) is 4. The van der Waals surface area contributed by atoms with Crippen LogP contribution in [0.3, 0.4) is 0 Å². The Hall–Kier alpha value is -2.03. The molecule has 1 fully saturated rings. The van der Waals surface area contributed by atoms with Crippen molar-refractivity contribution >= 4 is 15.8 Å². The number of ketones is 1. The van der Waals surface area contributed by atoms with Crippen LogP contribution in [0.4, 0.5) is 4.39 Å². The number of carbonyl (C=O) groups excluding carboxylic acids is 1. The average molecular weight is 351 g/mol. The Morgan fingerprint density at radius 1 is 1.12 bits per heavy atom. The van der Waals surface area contributed by atoms with E-state index in [0.29, 0.717) is 18.8 Å². The van der Waals surface area contributed by atoms with Crippen LogP contribution in [0, 0.1) is 5.82 Å². The molecule has 24 heavy (non-hydrogen) atoms. The van der Waals surface area contributed by atoms with Gasteiger partial charge in [0.2, 0.25) is 10.0 Å². The predicted molar refractivity (Wildman–Crippen MR) is 86.7 cm³/mol. The highest BCUT2D eigenvalue weighted by Crippen LogP contribution is 2.18. The van der Waals surface area contributed by atoms with Gasteiger partial charge in [-0.05, 0) is 30.3 Å². The lowest BCUT2D eigenvalue weighted by Crippen LogP contribution is -2.49. The van der Waals surface area contributed by atoms with Crippen molar-refractivity contribution in [1.29, 1.82) is 0 Å². The van der Waals surface area contributed by atoms with Crippen molar-refractivity contribution in [3.05, 3.63) is 54.1 Å². The van der Waals surface area contributed by atoms with Gasteiger partial charge >= 0.3 is 0 Å². The van der Waals surface area contributed by atoms with E-state index in [9.17, 15) is 17.6 Å². The average Bonchev–Trinajstić information content (AvgIpc) is 3.10. The zero-order valence-corrected chi connectivity index (χ0v) is 13.8. The molecular weight excluding hydrogens is 333 g/mol. The van der Waals surface area contributed by atoms with Gasteiger partial charge < -0.3 is 4.98 Å². The monoisotopic (exact) mass is 351 g/mol. The second-order valence-corrected chi connectivity index (χ2v) is 7.58. The molecule has 0 unspecified atom stereocenters. The smallest absolute Gasteiger partial charge is 0.243 e. The van der Waals surface area contributed by atoms with E-state index in [-0.39, 0.29) is 30.3 Å². The Labute approximate surface area is 139 Å². The van der Waals surface area contributed by atoms with E-state index in [1.807, 2.05) is 4.90 Å². The number of H-pyrrole nitrogens is 1. The predicted octanol–water partition coefficient (Wildman–Crippen LogP) is 1.34. The third kappa shape index (κ3) is 3.55. The lowest BCUT2D eigenvalue weighted by Gasteiger charge is -2.33. The Balaban J connectivity index is 1.61. The first-order valence-corrected chi connectivity index (χ1v) is 9.05. The molecule has 1 N–H and O–H groups in total. The molecule has 2 heterocycles. The summed E-state index contributed by atoms with van der Waals surface area (Å²) < 4.78 is 39.7. The van der Waals surface area contributed by atoms with E-state index in [0.717, 1.165) is 6.07 Å². The van der Waals surface area contributed by atoms with E-state index in [2.05, 4.69) is 4.98 Å². The van der Waals surface area contributed by atoms with E-state index in [1.54, 1.807) is 18.3 Å². The van der Waals surface area contributed by atoms with Gasteiger partial charge in [0.25, 0.3) is 0 Å². The lowest BCUT2D eigenvalue weighted by atomic mass is 10.2. The van der Waals surface area contributed by atoms with Crippen LogP contribution in [0.1, 0.15) is 10.5 Å². The summed E-state index contributed by atoms with van der Waals surface area (Å²) in [5, 5.41) is 0. The molecule has 0 radical (unpaired) electrons. The highest BCUT2D eigenvalue weighted by Gasteiger charge is 2.29. The fourth-order valence-electron chi connectivity index (χ4n) is 2.70. The number of aromatic nitrogens is 1. The first-order chi connectivity index (χ1) is 11.5. The first kappa shape index (κ1) is 16.8. The van der Waals surface area contributed by atoms with Gasteiger partial charge in [0, 0.05) is 32.4 Å². The summed E-state index contributed by atoms with van der Waals surface area (Å²) in [6, 6.07) is 8.48. The number of rotatable bonds is 5. The standard InChI is InChI=1S/C16H18FN3O3S/c17-13-3-1-4-14(11-13)24(22,23)20-9-7-19(8-10-20)12-16(21)15-5-2-6-18-15/h1-6,11,18H,7-10,12H2. The Kier molecular flexibility index (Phi) is 4.79. The molecule has 0 spiro atoms. The summed E-state index contributed by atoms with van der Waals surface area (Å²) in [5.41, 5.74) is 0.546. The van der Waals surface area contributed by atoms with E-state index in [4.69, 9.17) is 0 Å². The highest BCUT2D eigenvalue weighted by atomic mass is 32.2. The topological polar surface area (TPSA) is 73.5 Å². The van der Waals surface area contributed by atoms with Crippen LogP contribution in [-0.2, 0) is 10.0 Å². The molecule has 0 atom stereocenters. The number of piperazine rings is 1. The zero-order valence-electron chi connectivity index (χ0n) is 13.0. The minimum Gasteiger partial charge on any atom is -0.359 e. The second-order valence-electron chi connectivity index (χ2n) is 5.64. The van der Waals surface area contributed by atoms with Gasteiger partial charge in [-0.2, -0.15) is 4.31 Å². The van der Waals surface area contributed by atoms with Crippen LogP contribution in [-0.4, -0.2) is 61.1 Å². The van der Waals surface area contributed by atoms with Crippen molar-refractivity contribution in [2.75, 3.05) is 32.7 Å². The molecule has 3 rings (SSSR count). The van der Waals surface area contributed by atoms with Crippen molar-refractivity contribution in [1.82, 2.24) is 14.2 Å². The summed E-state index contributed by atoms with van der Waals surface area (Å²) in [4.78, 5) is 16.8.